The van der Waals surface area contributed by atoms with Crippen molar-refractivity contribution >= 4 is 26.0 Å². The summed E-state index contributed by atoms with van der Waals surface area (Å²) in [6.07, 6.45) is 0. The molecule has 0 aliphatic carbocycles. The van der Waals surface area contributed by atoms with Gasteiger partial charge in [0, 0.05) is 0 Å². The summed E-state index contributed by atoms with van der Waals surface area (Å²) in [5, 5.41) is 0. The summed E-state index contributed by atoms with van der Waals surface area (Å²) < 4.78 is 20.7. The third-order valence-corrected chi connectivity index (χ3v) is 2.38. The SMILES string of the molecule is Fc1cccc2n[se]nc12. The van der Waals surface area contributed by atoms with Crippen molar-refractivity contribution in [2.45, 2.75) is 0 Å². The molecule has 0 atom stereocenters. The molecule has 1 heterocycles. The maximum absolute atomic E-state index is 12.7. The molecule has 0 aliphatic rings. The first-order valence-corrected chi connectivity index (χ1v) is 4.28. The van der Waals surface area contributed by atoms with Gasteiger partial charge in [0.25, 0.3) is 0 Å². The fraction of sp³-hybridized carbons (Fsp3) is 0. The third kappa shape index (κ3) is 0.770. The van der Waals surface area contributed by atoms with Crippen LogP contribution in [0.1, 0.15) is 0 Å². The molecule has 0 aliphatic heterocycles. The summed E-state index contributed by atoms with van der Waals surface area (Å²) in [4.78, 5) is 0. The zero-order valence-electron chi connectivity index (χ0n) is 4.91. The molecule has 0 radical (unpaired) electrons. The number of hydrogen-bond donors (Lipinski definition) is 0. The van der Waals surface area contributed by atoms with Crippen molar-refractivity contribution in [3.63, 3.8) is 0 Å². The van der Waals surface area contributed by atoms with Crippen molar-refractivity contribution in [2.24, 2.45) is 0 Å². The Morgan fingerprint density at radius 2 is 2.20 bits per heavy atom. The van der Waals surface area contributed by atoms with Gasteiger partial charge in [0.2, 0.25) is 0 Å². The molecule has 0 spiro atoms. The summed E-state index contributed by atoms with van der Waals surface area (Å²) in [5.74, 6) is -0.263. The van der Waals surface area contributed by atoms with Crippen LogP contribution in [0.15, 0.2) is 18.2 Å². The first kappa shape index (κ1) is 6.01. The quantitative estimate of drug-likeness (QED) is 0.590. The molecule has 2 aromatic rings. The van der Waals surface area contributed by atoms with E-state index in [2.05, 4.69) is 7.96 Å². The van der Waals surface area contributed by atoms with Crippen LogP contribution in [-0.2, 0) is 0 Å². The van der Waals surface area contributed by atoms with Crippen LogP contribution in [0, 0.1) is 5.82 Å². The van der Waals surface area contributed by atoms with Gasteiger partial charge < -0.3 is 0 Å². The van der Waals surface area contributed by atoms with Crippen molar-refractivity contribution in [2.75, 3.05) is 0 Å². The second-order valence-corrected chi connectivity index (χ2v) is 2.98. The summed E-state index contributed by atoms with van der Waals surface area (Å²) in [5.41, 5.74) is 1.13. The Morgan fingerprint density at radius 1 is 1.30 bits per heavy atom. The van der Waals surface area contributed by atoms with Gasteiger partial charge in [0.05, 0.1) is 0 Å². The number of aromatic nitrogens is 2. The molecule has 0 N–H and O–H groups in total. The number of hydrogen-bond acceptors (Lipinski definition) is 2. The summed E-state index contributed by atoms with van der Waals surface area (Å²) >= 11 is -0.121. The van der Waals surface area contributed by atoms with Crippen LogP contribution in [0.5, 0.6) is 0 Å². The number of nitrogens with zero attached hydrogens (tertiary/aromatic N) is 2. The van der Waals surface area contributed by atoms with E-state index in [9.17, 15) is 4.39 Å². The van der Waals surface area contributed by atoms with E-state index >= 15 is 0 Å². The molecule has 0 fully saturated rings. The van der Waals surface area contributed by atoms with Gasteiger partial charge in [-0.2, -0.15) is 0 Å². The van der Waals surface area contributed by atoms with Gasteiger partial charge in [0.15, 0.2) is 0 Å². The van der Waals surface area contributed by atoms with Crippen LogP contribution in [0.2, 0.25) is 0 Å². The van der Waals surface area contributed by atoms with E-state index in [4.69, 9.17) is 0 Å². The second kappa shape index (κ2) is 2.15. The van der Waals surface area contributed by atoms with E-state index in [-0.39, 0.29) is 20.8 Å². The Bertz CT molecular complexity index is 357. The molecule has 0 amide bonds. The molecule has 0 saturated carbocycles. The first-order chi connectivity index (χ1) is 4.88. The zero-order chi connectivity index (χ0) is 6.97. The van der Waals surface area contributed by atoms with Crippen LogP contribution in [0.4, 0.5) is 4.39 Å². The molecule has 0 unspecified atom stereocenters. The van der Waals surface area contributed by atoms with Gasteiger partial charge in [-0.1, -0.05) is 0 Å². The van der Waals surface area contributed by atoms with E-state index in [0.29, 0.717) is 11.0 Å². The minimum atomic E-state index is -0.263. The number of halogens is 1. The first-order valence-electron chi connectivity index (χ1n) is 2.75. The van der Waals surface area contributed by atoms with E-state index in [0.717, 1.165) is 0 Å². The van der Waals surface area contributed by atoms with E-state index < -0.39 is 0 Å². The van der Waals surface area contributed by atoms with Gasteiger partial charge in [-0.3, -0.25) is 0 Å². The monoisotopic (exact) mass is 202 g/mol. The summed E-state index contributed by atoms with van der Waals surface area (Å²) in [7, 11) is 0. The number of rotatable bonds is 0. The standard InChI is InChI=1S/C6H3FN2Se/c7-4-2-1-3-5-6(4)9-10-8-5/h1-3H. The van der Waals surface area contributed by atoms with Crippen molar-refractivity contribution in [1.82, 2.24) is 7.96 Å². The third-order valence-electron chi connectivity index (χ3n) is 1.24. The molecular weight excluding hydrogens is 198 g/mol. The van der Waals surface area contributed by atoms with Crippen molar-refractivity contribution in [3.8, 4) is 0 Å². The van der Waals surface area contributed by atoms with Gasteiger partial charge in [-0.15, -0.1) is 0 Å². The Labute approximate surface area is 62.9 Å². The van der Waals surface area contributed by atoms with Crippen LogP contribution < -0.4 is 0 Å². The Hall–Kier alpha value is -0.731. The van der Waals surface area contributed by atoms with Crippen molar-refractivity contribution < 1.29 is 4.39 Å². The van der Waals surface area contributed by atoms with E-state index in [1.54, 1.807) is 12.1 Å². The molecule has 2 nitrogen and oxygen atoms in total. The number of benzene rings is 1. The van der Waals surface area contributed by atoms with Crippen molar-refractivity contribution in [3.05, 3.63) is 24.0 Å². The molecule has 2 rings (SSSR count). The van der Waals surface area contributed by atoms with Gasteiger partial charge in [-0.25, -0.2) is 0 Å². The molecule has 10 heavy (non-hydrogen) atoms. The van der Waals surface area contributed by atoms with Crippen LogP contribution in [-0.4, -0.2) is 22.9 Å². The summed E-state index contributed by atoms with van der Waals surface area (Å²) in [6.45, 7) is 0. The van der Waals surface area contributed by atoms with E-state index in [1.807, 2.05) is 0 Å². The average Bonchev–Trinajstić information content (AvgIpc) is 2.36. The van der Waals surface area contributed by atoms with Gasteiger partial charge in [-0.05, 0) is 0 Å². The molecule has 4 heteroatoms. The Morgan fingerprint density at radius 3 is 3.00 bits per heavy atom. The summed E-state index contributed by atoms with van der Waals surface area (Å²) in [6, 6.07) is 4.82. The van der Waals surface area contributed by atoms with E-state index in [1.165, 1.54) is 6.07 Å². The topological polar surface area (TPSA) is 25.8 Å². The van der Waals surface area contributed by atoms with Crippen LogP contribution in [0.3, 0.4) is 0 Å². The van der Waals surface area contributed by atoms with Gasteiger partial charge >= 0.3 is 62.4 Å². The fourth-order valence-electron chi connectivity index (χ4n) is 0.773. The zero-order valence-corrected chi connectivity index (χ0v) is 6.63. The maximum atomic E-state index is 12.7. The predicted molar refractivity (Wildman–Crippen MR) is 36.4 cm³/mol. The van der Waals surface area contributed by atoms with Gasteiger partial charge in [0.1, 0.15) is 0 Å². The van der Waals surface area contributed by atoms with Crippen LogP contribution >= 0.6 is 0 Å². The Kier molecular flexibility index (Phi) is 1.29. The normalized spacial score (nSPS) is 10.5. The molecule has 1 aromatic heterocycles. The predicted octanol–water partition coefficient (Wildman–Crippen LogP) is 0.826. The fourth-order valence-corrected chi connectivity index (χ4v) is 1.90. The molecule has 50 valence electrons. The van der Waals surface area contributed by atoms with Crippen molar-refractivity contribution in [1.29, 1.82) is 0 Å². The molecule has 1 aromatic carbocycles. The molecule has 0 saturated heterocycles. The minimum absolute atomic E-state index is 0.121. The second-order valence-electron chi connectivity index (χ2n) is 1.87. The molecular formula is C6H3FN2Se. The average molecular weight is 201 g/mol. The molecule has 0 bridgehead atoms. The Balaban J connectivity index is 2.95. The number of fused-ring (bicyclic) bond motifs is 1. The van der Waals surface area contributed by atoms with Crippen LogP contribution in [0.25, 0.3) is 11.0 Å².